The van der Waals surface area contributed by atoms with Gasteiger partial charge >= 0.3 is 5.97 Å². The third-order valence-electron chi connectivity index (χ3n) is 2.96. The summed E-state index contributed by atoms with van der Waals surface area (Å²) >= 11 is 0. The van der Waals surface area contributed by atoms with Crippen LogP contribution in [0.5, 0.6) is 5.75 Å². The van der Waals surface area contributed by atoms with Crippen molar-refractivity contribution in [2.24, 2.45) is 0 Å². The van der Waals surface area contributed by atoms with Gasteiger partial charge in [-0.3, -0.25) is 4.79 Å². The molecule has 0 atom stereocenters. The van der Waals surface area contributed by atoms with Gasteiger partial charge in [0.25, 0.3) is 0 Å². The lowest BCUT2D eigenvalue weighted by Gasteiger charge is -2.09. The Hall–Kier alpha value is -3.07. The Morgan fingerprint density at radius 2 is 2.19 bits per heavy atom. The van der Waals surface area contributed by atoms with E-state index in [1.54, 1.807) is 22.8 Å². The third kappa shape index (κ3) is 3.09. The van der Waals surface area contributed by atoms with Crippen molar-refractivity contribution in [3.05, 3.63) is 63.6 Å². The summed E-state index contributed by atoms with van der Waals surface area (Å²) in [6, 6.07) is 8.32. The first-order valence-electron chi connectivity index (χ1n) is 6.05. The molecule has 0 spiro atoms. The van der Waals surface area contributed by atoms with E-state index in [0.717, 1.165) is 5.56 Å². The smallest absolute Gasteiger partial charge is 0.341 e. The van der Waals surface area contributed by atoms with Crippen LogP contribution < -0.4 is 10.2 Å². The largest absolute Gasteiger partial charge is 0.495 e. The summed E-state index contributed by atoms with van der Waals surface area (Å²) in [5, 5.41) is 17.9. The summed E-state index contributed by atoms with van der Waals surface area (Å²) in [7, 11) is 1.47. The van der Waals surface area contributed by atoms with Crippen LogP contribution in [0, 0.1) is 11.3 Å². The lowest BCUT2D eigenvalue weighted by Crippen LogP contribution is -2.16. The molecule has 0 amide bonds. The number of methoxy groups -OCH3 is 1. The van der Waals surface area contributed by atoms with Crippen molar-refractivity contribution in [1.29, 1.82) is 5.26 Å². The molecule has 0 saturated heterocycles. The second-order valence-corrected chi connectivity index (χ2v) is 4.35. The standard InChI is InChI=1S/C15H12N2O4/c1-21-14-6-10(2-3-11(14)7-16)8-17-5-4-13(18)12(9-17)15(19)20/h2-6,9H,8H2,1H3,(H,19,20). The first-order valence-corrected chi connectivity index (χ1v) is 6.05. The molecule has 21 heavy (non-hydrogen) atoms. The van der Waals surface area contributed by atoms with Crippen LogP contribution in [-0.2, 0) is 6.54 Å². The fourth-order valence-corrected chi connectivity index (χ4v) is 1.92. The van der Waals surface area contributed by atoms with Gasteiger partial charge in [0.1, 0.15) is 17.4 Å². The zero-order valence-corrected chi connectivity index (χ0v) is 11.2. The first kappa shape index (κ1) is 14.3. The number of nitrogens with zero attached hydrogens (tertiary/aromatic N) is 2. The predicted octanol–water partition coefficient (Wildman–Crippen LogP) is 1.48. The number of hydrogen-bond donors (Lipinski definition) is 1. The topological polar surface area (TPSA) is 92.3 Å². The van der Waals surface area contributed by atoms with Crippen molar-refractivity contribution >= 4 is 5.97 Å². The molecule has 0 aliphatic rings. The van der Waals surface area contributed by atoms with Gasteiger partial charge in [0.15, 0.2) is 5.43 Å². The van der Waals surface area contributed by atoms with Crippen LogP contribution in [0.15, 0.2) is 41.5 Å². The van der Waals surface area contributed by atoms with Gasteiger partial charge in [0.05, 0.1) is 12.7 Å². The zero-order valence-electron chi connectivity index (χ0n) is 11.2. The van der Waals surface area contributed by atoms with E-state index >= 15 is 0 Å². The maximum atomic E-state index is 11.4. The maximum absolute atomic E-state index is 11.4. The molecule has 0 unspecified atom stereocenters. The molecule has 6 nitrogen and oxygen atoms in total. The Balaban J connectivity index is 2.35. The van der Waals surface area contributed by atoms with Crippen molar-refractivity contribution in [1.82, 2.24) is 4.57 Å². The molecule has 2 aromatic rings. The van der Waals surface area contributed by atoms with Gasteiger partial charge in [-0.15, -0.1) is 0 Å². The fraction of sp³-hybridized carbons (Fsp3) is 0.133. The number of carbonyl (C=O) groups is 1. The third-order valence-corrected chi connectivity index (χ3v) is 2.96. The molecule has 0 radical (unpaired) electrons. The summed E-state index contributed by atoms with van der Waals surface area (Å²) in [6.07, 6.45) is 2.80. The highest BCUT2D eigenvalue weighted by Gasteiger charge is 2.09. The number of benzene rings is 1. The van der Waals surface area contributed by atoms with Crippen LogP contribution in [0.2, 0.25) is 0 Å². The van der Waals surface area contributed by atoms with Gasteiger partial charge in [-0.1, -0.05) is 6.07 Å². The predicted molar refractivity (Wildman–Crippen MR) is 74.5 cm³/mol. The normalized spacial score (nSPS) is 9.90. The quantitative estimate of drug-likeness (QED) is 0.917. The van der Waals surface area contributed by atoms with Gasteiger partial charge in [-0.05, 0) is 17.7 Å². The lowest BCUT2D eigenvalue weighted by molar-refractivity contribution is 0.0694. The summed E-state index contributed by atoms with van der Waals surface area (Å²) in [5.74, 6) is -0.804. The minimum Gasteiger partial charge on any atom is -0.495 e. The summed E-state index contributed by atoms with van der Waals surface area (Å²) in [6.45, 7) is 0.364. The number of carboxylic acid groups (broad SMARTS) is 1. The number of aromatic nitrogens is 1. The Kier molecular flexibility index (Phi) is 4.05. The van der Waals surface area contributed by atoms with E-state index in [-0.39, 0.29) is 5.56 Å². The van der Waals surface area contributed by atoms with Crippen LogP contribution in [0.4, 0.5) is 0 Å². The maximum Gasteiger partial charge on any atom is 0.341 e. The summed E-state index contributed by atoms with van der Waals surface area (Å²) in [4.78, 5) is 22.3. The minimum atomic E-state index is -1.26. The first-order chi connectivity index (χ1) is 10.0. The van der Waals surface area contributed by atoms with Crippen LogP contribution >= 0.6 is 0 Å². The number of ether oxygens (including phenoxy) is 1. The van der Waals surface area contributed by atoms with Crippen LogP contribution in [0.25, 0.3) is 0 Å². The molecular formula is C15H12N2O4. The summed E-state index contributed by atoms with van der Waals surface area (Å²) in [5.41, 5.74) is 0.437. The molecule has 1 N–H and O–H groups in total. The number of pyridine rings is 1. The highest BCUT2D eigenvalue weighted by Crippen LogP contribution is 2.19. The lowest BCUT2D eigenvalue weighted by atomic mass is 10.1. The van der Waals surface area contributed by atoms with Gasteiger partial charge < -0.3 is 14.4 Å². The molecule has 0 fully saturated rings. The van der Waals surface area contributed by atoms with Crippen molar-refractivity contribution in [2.45, 2.75) is 6.54 Å². The van der Waals surface area contributed by atoms with E-state index in [9.17, 15) is 9.59 Å². The van der Waals surface area contributed by atoms with Crippen molar-refractivity contribution in [3.8, 4) is 11.8 Å². The van der Waals surface area contributed by atoms with Crippen LogP contribution in [0.1, 0.15) is 21.5 Å². The van der Waals surface area contributed by atoms with E-state index in [1.807, 2.05) is 6.07 Å². The molecule has 1 aromatic carbocycles. The number of rotatable bonds is 4. The molecule has 6 heteroatoms. The Morgan fingerprint density at radius 1 is 1.43 bits per heavy atom. The fourth-order valence-electron chi connectivity index (χ4n) is 1.92. The average Bonchev–Trinajstić information content (AvgIpc) is 2.48. The van der Waals surface area contributed by atoms with E-state index in [4.69, 9.17) is 15.1 Å². The molecule has 1 heterocycles. The molecule has 0 saturated carbocycles. The second kappa shape index (κ2) is 5.92. The molecule has 1 aromatic heterocycles. The molecule has 106 valence electrons. The van der Waals surface area contributed by atoms with E-state index in [0.29, 0.717) is 17.9 Å². The highest BCUT2D eigenvalue weighted by atomic mass is 16.5. The van der Waals surface area contributed by atoms with Gasteiger partial charge in [-0.2, -0.15) is 5.26 Å². The van der Waals surface area contributed by atoms with Crippen molar-refractivity contribution < 1.29 is 14.6 Å². The number of hydrogen-bond acceptors (Lipinski definition) is 4. The molecule has 2 rings (SSSR count). The monoisotopic (exact) mass is 284 g/mol. The molecule has 0 aliphatic heterocycles. The molecular weight excluding hydrogens is 272 g/mol. The molecule has 0 aliphatic carbocycles. The second-order valence-electron chi connectivity index (χ2n) is 4.35. The minimum absolute atomic E-state index is 0.280. The van der Waals surface area contributed by atoms with Crippen LogP contribution in [0.3, 0.4) is 0 Å². The Labute approximate surface area is 120 Å². The van der Waals surface area contributed by atoms with Crippen molar-refractivity contribution in [3.63, 3.8) is 0 Å². The summed E-state index contributed by atoms with van der Waals surface area (Å²) < 4.78 is 6.71. The van der Waals surface area contributed by atoms with Gasteiger partial charge in [-0.25, -0.2) is 4.79 Å². The van der Waals surface area contributed by atoms with Gasteiger partial charge in [0.2, 0.25) is 0 Å². The highest BCUT2D eigenvalue weighted by molar-refractivity contribution is 5.86. The number of aromatic carboxylic acids is 1. The Bertz CT molecular complexity index is 787. The average molecular weight is 284 g/mol. The zero-order chi connectivity index (χ0) is 15.4. The van der Waals surface area contributed by atoms with Crippen molar-refractivity contribution in [2.75, 3.05) is 7.11 Å². The van der Waals surface area contributed by atoms with E-state index < -0.39 is 11.4 Å². The molecule has 0 bridgehead atoms. The number of nitriles is 1. The van der Waals surface area contributed by atoms with Gasteiger partial charge in [0, 0.05) is 25.0 Å². The van der Waals surface area contributed by atoms with E-state index in [2.05, 4.69) is 0 Å². The SMILES string of the molecule is COc1cc(Cn2ccc(=O)c(C(=O)O)c2)ccc1C#N. The number of carboxylic acids is 1. The van der Waals surface area contributed by atoms with E-state index in [1.165, 1.54) is 25.6 Å². The van der Waals surface area contributed by atoms with Crippen LogP contribution in [-0.4, -0.2) is 22.8 Å². The Morgan fingerprint density at radius 3 is 2.81 bits per heavy atom.